The highest BCUT2D eigenvalue weighted by Crippen LogP contribution is 2.43. The fourth-order valence-corrected chi connectivity index (χ4v) is 4.54. The van der Waals surface area contributed by atoms with E-state index >= 15 is 0 Å². The molecule has 3 aromatic carbocycles. The van der Waals surface area contributed by atoms with Gasteiger partial charge < -0.3 is 18.9 Å². The molecule has 1 saturated carbocycles. The van der Waals surface area contributed by atoms with Crippen molar-refractivity contribution >= 4 is 21.5 Å². The minimum absolute atomic E-state index is 0.531. The molecule has 152 valence electrons. The Morgan fingerprint density at radius 3 is 1.86 bits per heavy atom. The lowest BCUT2D eigenvalue weighted by Crippen LogP contribution is -2.03. The van der Waals surface area contributed by atoms with E-state index in [1.807, 2.05) is 6.07 Å². The first-order chi connectivity index (χ1) is 14.1. The molecule has 0 heterocycles. The highest BCUT2D eigenvalue weighted by Gasteiger charge is 2.22. The fraction of sp³-hybridized carbons (Fsp3) is 0.360. The molecule has 0 saturated heterocycles. The summed E-state index contributed by atoms with van der Waals surface area (Å²) in [5, 5.41) is 4.54. The lowest BCUT2D eigenvalue weighted by molar-refractivity contribution is 0.355. The number of rotatable bonds is 6. The van der Waals surface area contributed by atoms with Crippen molar-refractivity contribution in [1.29, 1.82) is 0 Å². The zero-order chi connectivity index (χ0) is 20.5. The summed E-state index contributed by atoms with van der Waals surface area (Å²) in [6.45, 7) is 4.30. The minimum Gasteiger partial charge on any atom is -0.493 e. The van der Waals surface area contributed by atoms with Crippen LogP contribution in [-0.2, 0) is 6.42 Å². The minimum atomic E-state index is 0.531. The molecule has 1 aliphatic carbocycles. The van der Waals surface area contributed by atoms with Crippen LogP contribution in [0, 0.1) is 5.92 Å². The van der Waals surface area contributed by atoms with Gasteiger partial charge in [0.15, 0.2) is 23.0 Å². The Morgan fingerprint density at radius 1 is 0.759 bits per heavy atom. The van der Waals surface area contributed by atoms with Crippen LogP contribution >= 0.6 is 0 Å². The zero-order valence-electron chi connectivity index (χ0n) is 17.6. The van der Waals surface area contributed by atoms with Crippen molar-refractivity contribution in [3.63, 3.8) is 0 Å². The average molecular weight is 392 g/mol. The summed E-state index contributed by atoms with van der Waals surface area (Å²) in [6, 6.07) is 10.5. The molecule has 1 atom stereocenters. The van der Waals surface area contributed by atoms with Gasteiger partial charge in [0, 0.05) is 0 Å². The molecule has 0 N–H and O–H groups in total. The van der Waals surface area contributed by atoms with Crippen molar-refractivity contribution in [2.24, 2.45) is 5.92 Å². The topological polar surface area (TPSA) is 36.9 Å². The van der Waals surface area contributed by atoms with E-state index in [2.05, 4.69) is 30.8 Å². The Bertz CT molecular complexity index is 1080. The Kier molecular flexibility index (Phi) is 5.27. The Morgan fingerprint density at radius 2 is 1.31 bits per heavy atom. The van der Waals surface area contributed by atoms with Crippen molar-refractivity contribution in [3.05, 3.63) is 48.0 Å². The van der Waals surface area contributed by atoms with Crippen LogP contribution in [0.15, 0.2) is 42.5 Å². The molecule has 0 aromatic heterocycles. The van der Waals surface area contributed by atoms with Crippen molar-refractivity contribution < 1.29 is 18.9 Å². The molecule has 4 heteroatoms. The first kappa shape index (κ1) is 19.4. The summed E-state index contributed by atoms with van der Waals surface area (Å²) in [6.07, 6.45) is 4.56. The highest BCUT2D eigenvalue weighted by atomic mass is 16.5. The Hall–Kier alpha value is -2.88. The maximum absolute atomic E-state index is 5.60. The smallest absolute Gasteiger partial charge is 0.161 e. The molecule has 4 nitrogen and oxygen atoms in total. The van der Waals surface area contributed by atoms with Crippen LogP contribution < -0.4 is 18.9 Å². The monoisotopic (exact) mass is 392 g/mol. The number of hydrogen-bond acceptors (Lipinski definition) is 4. The average Bonchev–Trinajstić information content (AvgIpc) is 3.16. The third-order valence-electron chi connectivity index (χ3n) is 6.14. The molecule has 0 aliphatic heterocycles. The van der Waals surface area contributed by atoms with Crippen molar-refractivity contribution in [3.8, 4) is 23.0 Å². The summed E-state index contributed by atoms with van der Waals surface area (Å²) in [5.74, 6) is 3.44. The maximum atomic E-state index is 5.60. The van der Waals surface area contributed by atoms with Gasteiger partial charge in [-0.1, -0.05) is 18.2 Å². The predicted molar refractivity (Wildman–Crippen MR) is 118 cm³/mol. The molecule has 1 fully saturated rings. The molecule has 0 amide bonds. The van der Waals surface area contributed by atoms with Crippen LogP contribution in [-0.4, -0.2) is 28.4 Å². The van der Waals surface area contributed by atoms with Gasteiger partial charge in [-0.25, -0.2) is 0 Å². The second-order valence-electron chi connectivity index (χ2n) is 7.67. The maximum Gasteiger partial charge on any atom is 0.161 e. The van der Waals surface area contributed by atoms with E-state index in [9.17, 15) is 0 Å². The summed E-state index contributed by atoms with van der Waals surface area (Å²) in [4.78, 5) is 0. The fourth-order valence-electron chi connectivity index (χ4n) is 4.54. The van der Waals surface area contributed by atoms with Crippen LogP contribution in [0.4, 0.5) is 0 Å². The van der Waals surface area contributed by atoms with Gasteiger partial charge >= 0.3 is 0 Å². The molecular formula is C25H28O4. The molecule has 29 heavy (non-hydrogen) atoms. The first-order valence-electron chi connectivity index (χ1n) is 10.0. The molecule has 3 aromatic rings. The molecule has 1 unspecified atom stereocenters. The molecule has 0 bridgehead atoms. The molecule has 0 radical (unpaired) electrons. The number of benzene rings is 3. The molecule has 4 rings (SSSR count). The van der Waals surface area contributed by atoms with Crippen molar-refractivity contribution in [2.45, 2.75) is 25.7 Å². The van der Waals surface area contributed by atoms with Gasteiger partial charge in [0.25, 0.3) is 0 Å². The summed E-state index contributed by atoms with van der Waals surface area (Å²) in [5.41, 5.74) is 2.67. The van der Waals surface area contributed by atoms with E-state index in [-0.39, 0.29) is 0 Å². The van der Waals surface area contributed by atoms with Crippen LogP contribution in [0.5, 0.6) is 23.0 Å². The number of methoxy groups -OCH3 is 4. The second kappa shape index (κ2) is 7.86. The third kappa shape index (κ3) is 3.37. The van der Waals surface area contributed by atoms with Gasteiger partial charge in [-0.15, -0.1) is 0 Å². The number of fused-ring (bicyclic) bond motifs is 3. The van der Waals surface area contributed by atoms with Gasteiger partial charge in [-0.2, -0.15) is 0 Å². The molecule has 0 spiro atoms. The zero-order valence-corrected chi connectivity index (χ0v) is 17.6. The molecule has 1 aliphatic rings. The van der Waals surface area contributed by atoms with Crippen molar-refractivity contribution in [1.82, 2.24) is 0 Å². The van der Waals surface area contributed by atoms with Crippen LogP contribution in [0.1, 0.15) is 24.8 Å². The van der Waals surface area contributed by atoms with E-state index in [4.69, 9.17) is 18.9 Å². The first-order valence-corrected chi connectivity index (χ1v) is 10.0. The SMILES string of the molecule is C=C1CCCC1Cc1cc2cc(OC)c(OC)cc2c2cc(OC)c(OC)cc12. The van der Waals surface area contributed by atoms with Gasteiger partial charge in [0.2, 0.25) is 0 Å². The number of hydrogen-bond donors (Lipinski definition) is 0. The van der Waals surface area contributed by atoms with Crippen LogP contribution in [0.25, 0.3) is 21.5 Å². The number of ether oxygens (including phenoxy) is 4. The Labute approximate surface area is 172 Å². The summed E-state index contributed by atoms with van der Waals surface area (Å²) >= 11 is 0. The van der Waals surface area contributed by atoms with Gasteiger partial charge in [-0.3, -0.25) is 0 Å². The van der Waals surface area contributed by atoms with Gasteiger partial charge in [-0.05, 0) is 83.0 Å². The van der Waals surface area contributed by atoms with E-state index in [1.54, 1.807) is 28.4 Å². The van der Waals surface area contributed by atoms with E-state index in [1.165, 1.54) is 29.4 Å². The molecular weight excluding hydrogens is 364 g/mol. The van der Waals surface area contributed by atoms with Gasteiger partial charge in [0.05, 0.1) is 28.4 Å². The lowest BCUT2D eigenvalue weighted by Gasteiger charge is -2.18. The summed E-state index contributed by atoms with van der Waals surface area (Å²) < 4.78 is 22.3. The number of allylic oxidation sites excluding steroid dienone is 1. The van der Waals surface area contributed by atoms with E-state index in [0.29, 0.717) is 11.7 Å². The normalized spacial score (nSPS) is 16.4. The van der Waals surface area contributed by atoms with Crippen LogP contribution in [0.3, 0.4) is 0 Å². The second-order valence-corrected chi connectivity index (χ2v) is 7.67. The quantitative estimate of drug-likeness (QED) is 0.385. The highest BCUT2D eigenvalue weighted by molar-refractivity contribution is 6.11. The third-order valence-corrected chi connectivity index (χ3v) is 6.14. The largest absolute Gasteiger partial charge is 0.493 e. The predicted octanol–water partition coefficient (Wildman–Crippen LogP) is 5.93. The summed E-state index contributed by atoms with van der Waals surface area (Å²) in [7, 11) is 6.68. The van der Waals surface area contributed by atoms with E-state index in [0.717, 1.165) is 46.2 Å². The Balaban J connectivity index is 2.01. The standard InChI is InChI=1S/C25H28O4/c1-15-7-6-8-16(15)9-17-10-18-11-22(26-2)23(27-3)13-20(18)21-14-25(29-5)24(28-4)12-19(17)21/h10-14,16H,1,6-9H2,2-5H3. The van der Waals surface area contributed by atoms with Gasteiger partial charge in [0.1, 0.15) is 0 Å². The van der Waals surface area contributed by atoms with Crippen molar-refractivity contribution in [2.75, 3.05) is 28.4 Å². The van der Waals surface area contributed by atoms with E-state index < -0.39 is 0 Å². The van der Waals surface area contributed by atoms with Crippen LogP contribution in [0.2, 0.25) is 0 Å². The lowest BCUT2D eigenvalue weighted by atomic mass is 9.89.